The molecule has 0 amide bonds. The third-order valence-electron chi connectivity index (χ3n) is 4.92. The number of nitrogens with two attached hydrogens (primary N) is 1. The normalized spacial score (nSPS) is 11.0. The fraction of sp³-hybridized carbons (Fsp3) is 0.167. The summed E-state index contributed by atoms with van der Waals surface area (Å²) in [6.07, 6.45) is 0. The quantitative estimate of drug-likeness (QED) is 0.474. The maximum absolute atomic E-state index is 13.6. The Kier molecular flexibility index (Phi) is 5.93. The Balaban J connectivity index is 1.90. The molecule has 2 heterocycles. The number of aromatic nitrogens is 4. The topological polar surface area (TPSA) is 98.7 Å². The van der Waals surface area contributed by atoms with Crippen molar-refractivity contribution in [1.82, 2.24) is 19.7 Å². The first-order valence-corrected chi connectivity index (χ1v) is 10.2. The van der Waals surface area contributed by atoms with Crippen LogP contribution in [-0.2, 0) is 6.54 Å². The number of hydrogen-bond acceptors (Lipinski definition) is 6. The van der Waals surface area contributed by atoms with Crippen LogP contribution < -0.4 is 16.6 Å². The fourth-order valence-electron chi connectivity index (χ4n) is 3.38. The van der Waals surface area contributed by atoms with Crippen LogP contribution in [-0.4, -0.2) is 19.7 Å². The van der Waals surface area contributed by atoms with E-state index in [1.807, 2.05) is 44.2 Å². The molecule has 0 bridgehead atoms. The van der Waals surface area contributed by atoms with Crippen LogP contribution in [0.5, 0.6) is 0 Å². The zero-order valence-corrected chi connectivity index (χ0v) is 17.8. The molecule has 4 rings (SSSR count). The summed E-state index contributed by atoms with van der Waals surface area (Å²) in [7, 11) is 0. The molecule has 2 aromatic heterocycles. The van der Waals surface area contributed by atoms with Crippen LogP contribution in [0.15, 0.2) is 71.5 Å². The monoisotopic (exact) mass is 430 g/mol. The number of halogens is 1. The van der Waals surface area contributed by atoms with Crippen molar-refractivity contribution in [3.63, 3.8) is 0 Å². The molecule has 7 nitrogen and oxygen atoms in total. The molecule has 0 aliphatic rings. The summed E-state index contributed by atoms with van der Waals surface area (Å²) in [5.74, 6) is 0.189. The molecule has 0 unspecified atom stereocenters. The second kappa shape index (κ2) is 8.97. The second-order valence-electron chi connectivity index (χ2n) is 7.60. The number of rotatable bonds is 6. The molecule has 32 heavy (non-hydrogen) atoms. The molecule has 0 fully saturated rings. The summed E-state index contributed by atoms with van der Waals surface area (Å²) in [6.45, 7) is 4.26. The van der Waals surface area contributed by atoms with E-state index < -0.39 is 0 Å². The first kappa shape index (κ1) is 21.2. The van der Waals surface area contributed by atoms with Crippen LogP contribution in [0.3, 0.4) is 0 Å². The Morgan fingerprint density at radius 3 is 2.41 bits per heavy atom. The molecule has 0 radical (unpaired) electrons. The average molecular weight is 430 g/mol. The number of anilines is 2. The van der Waals surface area contributed by atoms with Crippen LogP contribution in [0, 0.1) is 5.82 Å². The van der Waals surface area contributed by atoms with Gasteiger partial charge in [0.25, 0.3) is 5.56 Å². The lowest BCUT2D eigenvalue weighted by Gasteiger charge is -2.17. The second-order valence-corrected chi connectivity index (χ2v) is 7.60. The van der Waals surface area contributed by atoms with Gasteiger partial charge in [0.2, 0.25) is 5.95 Å². The molecule has 0 aliphatic heterocycles. The van der Waals surface area contributed by atoms with Gasteiger partial charge in [-0.3, -0.25) is 4.79 Å². The third kappa shape index (κ3) is 4.49. The van der Waals surface area contributed by atoms with Crippen LogP contribution in [0.1, 0.15) is 25.5 Å². The number of hydrogen-bond donors (Lipinski definition) is 2. The van der Waals surface area contributed by atoms with E-state index >= 15 is 0 Å². The molecule has 0 saturated carbocycles. The van der Waals surface area contributed by atoms with Crippen molar-refractivity contribution >= 4 is 11.8 Å². The zero-order chi connectivity index (χ0) is 22.7. The lowest BCUT2D eigenvalue weighted by atomic mass is 10.0. The summed E-state index contributed by atoms with van der Waals surface area (Å²) < 4.78 is 15.0. The minimum Gasteiger partial charge on any atom is -0.368 e. The van der Waals surface area contributed by atoms with Gasteiger partial charge in [-0.15, -0.1) is 0 Å². The van der Waals surface area contributed by atoms with Gasteiger partial charge in [0.1, 0.15) is 11.6 Å². The molecule has 162 valence electrons. The zero-order valence-electron chi connectivity index (χ0n) is 17.8. The molecule has 4 aromatic rings. The van der Waals surface area contributed by atoms with E-state index in [1.54, 1.807) is 18.2 Å². The van der Waals surface area contributed by atoms with Crippen LogP contribution in [0.25, 0.3) is 22.5 Å². The predicted molar refractivity (Wildman–Crippen MR) is 123 cm³/mol. The number of nitrogens with one attached hydrogen (secondary N) is 1. The van der Waals surface area contributed by atoms with Crippen molar-refractivity contribution in [2.45, 2.75) is 26.4 Å². The SMILES string of the molecule is CC(C)n1nc(-c2c(NCc3ccccc3)nc(N)nc2-c2ccc(F)cc2)ccc1=O. The van der Waals surface area contributed by atoms with E-state index in [0.29, 0.717) is 34.9 Å². The van der Waals surface area contributed by atoms with Gasteiger partial charge in [-0.05, 0) is 49.7 Å². The van der Waals surface area contributed by atoms with Gasteiger partial charge in [-0.2, -0.15) is 10.1 Å². The van der Waals surface area contributed by atoms with Gasteiger partial charge < -0.3 is 11.1 Å². The molecule has 0 spiro atoms. The largest absolute Gasteiger partial charge is 0.368 e. The fourth-order valence-corrected chi connectivity index (χ4v) is 3.38. The molecule has 0 atom stereocenters. The van der Waals surface area contributed by atoms with E-state index in [9.17, 15) is 9.18 Å². The van der Waals surface area contributed by atoms with Crippen molar-refractivity contribution in [2.75, 3.05) is 11.1 Å². The summed E-state index contributed by atoms with van der Waals surface area (Å²) in [4.78, 5) is 21.1. The third-order valence-corrected chi connectivity index (χ3v) is 4.92. The average Bonchev–Trinajstić information content (AvgIpc) is 2.79. The number of benzene rings is 2. The summed E-state index contributed by atoms with van der Waals surface area (Å²) >= 11 is 0. The Morgan fingerprint density at radius 1 is 1.00 bits per heavy atom. The summed E-state index contributed by atoms with van der Waals surface area (Å²) in [5.41, 5.74) is 9.12. The highest BCUT2D eigenvalue weighted by molar-refractivity contribution is 5.87. The standard InChI is InChI=1S/C24H23FN6O/c1-15(2)31-20(32)13-12-19(30-31)21-22(17-8-10-18(25)11-9-17)28-24(26)29-23(21)27-14-16-6-4-3-5-7-16/h3-13,15H,14H2,1-2H3,(H3,26,27,28,29). The molecule has 2 aromatic carbocycles. The van der Waals surface area contributed by atoms with Crippen LogP contribution in [0.4, 0.5) is 16.2 Å². The van der Waals surface area contributed by atoms with E-state index in [1.165, 1.54) is 22.9 Å². The molecule has 8 heteroatoms. The maximum Gasteiger partial charge on any atom is 0.267 e. The van der Waals surface area contributed by atoms with Crippen molar-refractivity contribution in [3.8, 4) is 22.5 Å². The van der Waals surface area contributed by atoms with Crippen molar-refractivity contribution in [2.24, 2.45) is 0 Å². The Hall–Kier alpha value is -4.07. The lowest BCUT2D eigenvalue weighted by Crippen LogP contribution is -2.24. The van der Waals surface area contributed by atoms with Crippen molar-refractivity contribution in [1.29, 1.82) is 0 Å². The molecule has 0 aliphatic carbocycles. The van der Waals surface area contributed by atoms with Gasteiger partial charge in [0.15, 0.2) is 0 Å². The van der Waals surface area contributed by atoms with Gasteiger partial charge in [-0.1, -0.05) is 30.3 Å². The Labute approximate surface area is 184 Å². The van der Waals surface area contributed by atoms with Crippen LogP contribution >= 0.6 is 0 Å². The molecule has 0 saturated heterocycles. The van der Waals surface area contributed by atoms with E-state index in [4.69, 9.17) is 5.73 Å². The Morgan fingerprint density at radius 2 is 1.72 bits per heavy atom. The Bertz CT molecular complexity index is 1290. The molecular formula is C24H23FN6O. The highest BCUT2D eigenvalue weighted by Gasteiger charge is 2.20. The van der Waals surface area contributed by atoms with E-state index in [-0.39, 0.29) is 23.4 Å². The van der Waals surface area contributed by atoms with E-state index in [2.05, 4.69) is 20.4 Å². The number of nitrogens with zero attached hydrogens (tertiary/aromatic N) is 4. The lowest BCUT2D eigenvalue weighted by molar-refractivity contribution is 0.505. The minimum atomic E-state index is -0.355. The smallest absolute Gasteiger partial charge is 0.267 e. The van der Waals surface area contributed by atoms with Gasteiger partial charge >= 0.3 is 0 Å². The minimum absolute atomic E-state index is 0.0702. The first-order valence-electron chi connectivity index (χ1n) is 10.2. The van der Waals surface area contributed by atoms with Gasteiger partial charge in [0.05, 0.1) is 23.0 Å². The van der Waals surface area contributed by atoms with Crippen molar-refractivity contribution in [3.05, 3.63) is 88.5 Å². The maximum atomic E-state index is 13.6. The highest BCUT2D eigenvalue weighted by Crippen LogP contribution is 2.35. The predicted octanol–water partition coefficient (Wildman–Crippen LogP) is 4.28. The highest BCUT2D eigenvalue weighted by atomic mass is 19.1. The van der Waals surface area contributed by atoms with E-state index in [0.717, 1.165) is 5.56 Å². The number of nitrogen functional groups attached to an aromatic ring is 1. The van der Waals surface area contributed by atoms with Crippen molar-refractivity contribution < 1.29 is 4.39 Å². The van der Waals surface area contributed by atoms with Crippen LogP contribution in [0.2, 0.25) is 0 Å². The first-order chi connectivity index (χ1) is 15.4. The van der Waals surface area contributed by atoms with Gasteiger partial charge in [-0.25, -0.2) is 14.1 Å². The van der Waals surface area contributed by atoms with Gasteiger partial charge in [0, 0.05) is 18.2 Å². The summed E-state index contributed by atoms with van der Waals surface area (Å²) in [6, 6.07) is 18.8. The molecular weight excluding hydrogens is 407 g/mol. The summed E-state index contributed by atoms with van der Waals surface area (Å²) in [5, 5.41) is 7.88. The molecule has 3 N–H and O–H groups in total.